The minimum atomic E-state index is -0.575. The summed E-state index contributed by atoms with van der Waals surface area (Å²) in [5, 5.41) is 0.973. The van der Waals surface area contributed by atoms with Crippen molar-refractivity contribution in [1.29, 1.82) is 0 Å². The fraction of sp³-hybridized carbons (Fsp3) is 0.250. The van der Waals surface area contributed by atoms with Crippen molar-refractivity contribution in [2.75, 3.05) is 6.79 Å². The molecule has 0 radical (unpaired) electrons. The van der Waals surface area contributed by atoms with Crippen molar-refractivity contribution in [2.24, 2.45) is 0 Å². The number of nitrogens with zero attached hydrogens (tertiary/aromatic N) is 1. The highest BCUT2D eigenvalue weighted by Gasteiger charge is 2.23. The molecule has 1 aliphatic rings. The molecule has 1 aliphatic heterocycles. The van der Waals surface area contributed by atoms with Gasteiger partial charge in [-0.3, -0.25) is 0 Å². The Morgan fingerprint density at radius 2 is 1.80 bits per heavy atom. The minimum absolute atomic E-state index is 0.216. The SMILES string of the molecule is CC(C)(C)OC(=O)n1c(-c2ccc3c(c2)OCO3)cc2ccccc21. The van der Waals surface area contributed by atoms with E-state index in [-0.39, 0.29) is 6.79 Å². The molecule has 2 aromatic carbocycles. The Hall–Kier alpha value is -2.95. The maximum absolute atomic E-state index is 12.8. The second kappa shape index (κ2) is 5.55. The van der Waals surface area contributed by atoms with Crippen LogP contribution in [0.1, 0.15) is 20.8 Å². The van der Waals surface area contributed by atoms with Crippen LogP contribution in [-0.4, -0.2) is 23.1 Å². The molecule has 25 heavy (non-hydrogen) atoms. The number of hydrogen-bond acceptors (Lipinski definition) is 4. The molecule has 0 unspecified atom stereocenters. The van der Waals surface area contributed by atoms with Crippen LogP contribution in [0.3, 0.4) is 0 Å². The standard InChI is InChI=1S/C20H19NO4/c1-20(2,3)25-19(22)21-15-7-5-4-6-13(15)10-16(21)14-8-9-17-18(11-14)24-12-23-17/h4-11H,12H2,1-3H3. The monoisotopic (exact) mass is 337 g/mol. The number of hydrogen-bond donors (Lipinski definition) is 0. The third kappa shape index (κ3) is 2.82. The van der Waals surface area contributed by atoms with Crippen LogP contribution >= 0.6 is 0 Å². The summed E-state index contributed by atoms with van der Waals surface area (Å²) in [6, 6.07) is 15.4. The van der Waals surface area contributed by atoms with E-state index in [2.05, 4.69) is 0 Å². The van der Waals surface area contributed by atoms with E-state index in [1.165, 1.54) is 0 Å². The summed E-state index contributed by atoms with van der Waals surface area (Å²) in [5.41, 5.74) is 1.86. The van der Waals surface area contributed by atoms with Crippen LogP contribution in [0.5, 0.6) is 11.5 Å². The Morgan fingerprint density at radius 1 is 1.04 bits per heavy atom. The molecule has 4 rings (SSSR count). The van der Waals surface area contributed by atoms with Crippen molar-refractivity contribution in [1.82, 2.24) is 4.57 Å². The summed E-state index contributed by atoms with van der Waals surface area (Å²) >= 11 is 0. The number of carbonyl (C=O) groups is 1. The van der Waals surface area contributed by atoms with E-state index in [4.69, 9.17) is 14.2 Å². The quantitative estimate of drug-likeness (QED) is 0.639. The van der Waals surface area contributed by atoms with E-state index >= 15 is 0 Å². The first-order valence-corrected chi connectivity index (χ1v) is 8.16. The van der Waals surface area contributed by atoms with Gasteiger partial charge in [0.15, 0.2) is 11.5 Å². The molecular weight excluding hydrogens is 318 g/mol. The first kappa shape index (κ1) is 15.6. The number of para-hydroxylation sites is 1. The molecule has 0 aliphatic carbocycles. The maximum Gasteiger partial charge on any atom is 0.419 e. The van der Waals surface area contributed by atoms with Gasteiger partial charge in [0.2, 0.25) is 6.79 Å². The smallest absolute Gasteiger partial charge is 0.419 e. The fourth-order valence-electron chi connectivity index (χ4n) is 2.93. The van der Waals surface area contributed by atoms with Crippen LogP contribution in [0.15, 0.2) is 48.5 Å². The fourth-order valence-corrected chi connectivity index (χ4v) is 2.93. The average molecular weight is 337 g/mol. The van der Waals surface area contributed by atoms with Gasteiger partial charge >= 0.3 is 6.09 Å². The molecule has 5 heteroatoms. The second-order valence-corrected chi connectivity index (χ2v) is 6.97. The average Bonchev–Trinajstić information content (AvgIpc) is 3.16. The molecule has 0 saturated carbocycles. The zero-order valence-electron chi connectivity index (χ0n) is 14.4. The number of carbonyl (C=O) groups excluding carboxylic acids is 1. The summed E-state index contributed by atoms with van der Waals surface area (Å²) < 4.78 is 18.1. The Kier molecular flexibility index (Phi) is 3.46. The first-order valence-electron chi connectivity index (χ1n) is 8.16. The highest BCUT2D eigenvalue weighted by Crippen LogP contribution is 2.37. The van der Waals surface area contributed by atoms with Crippen LogP contribution in [0.2, 0.25) is 0 Å². The van der Waals surface area contributed by atoms with Crippen molar-refractivity contribution in [3.8, 4) is 22.8 Å². The van der Waals surface area contributed by atoms with Gasteiger partial charge in [0.05, 0.1) is 11.2 Å². The van der Waals surface area contributed by atoms with Crippen molar-refractivity contribution in [3.63, 3.8) is 0 Å². The largest absolute Gasteiger partial charge is 0.454 e. The predicted molar refractivity (Wildman–Crippen MR) is 95.1 cm³/mol. The number of rotatable bonds is 1. The first-order chi connectivity index (χ1) is 11.9. The van der Waals surface area contributed by atoms with E-state index in [0.717, 1.165) is 22.2 Å². The topological polar surface area (TPSA) is 49.7 Å². The highest BCUT2D eigenvalue weighted by molar-refractivity contribution is 5.96. The molecule has 0 N–H and O–H groups in total. The lowest BCUT2D eigenvalue weighted by atomic mass is 10.1. The zero-order valence-corrected chi connectivity index (χ0v) is 14.4. The summed E-state index contributed by atoms with van der Waals surface area (Å²) in [6.45, 7) is 5.79. The van der Waals surface area contributed by atoms with Crippen molar-refractivity contribution in [3.05, 3.63) is 48.5 Å². The van der Waals surface area contributed by atoms with E-state index in [1.807, 2.05) is 69.3 Å². The molecule has 0 fully saturated rings. The van der Waals surface area contributed by atoms with Gasteiger partial charge in [-0.05, 0) is 51.1 Å². The third-order valence-corrected chi connectivity index (χ3v) is 3.96. The lowest BCUT2D eigenvalue weighted by Gasteiger charge is -2.21. The Labute approximate surface area is 145 Å². The minimum Gasteiger partial charge on any atom is -0.454 e. The molecule has 0 amide bonds. The molecule has 0 saturated heterocycles. The summed E-state index contributed by atoms with van der Waals surface area (Å²) in [7, 11) is 0. The normalized spacial score (nSPS) is 13.2. The molecule has 2 heterocycles. The maximum atomic E-state index is 12.8. The van der Waals surface area contributed by atoms with E-state index in [0.29, 0.717) is 11.5 Å². The number of ether oxygens (including phenoxy) is 3. The van der Waals surface area contributed by atoms with Gasteiger partial charge in [0.1, 0.15) is 5.60 Å². The molecule has 0 spiro atoms. The van der Waals surface area contributed by atoms with E-state index in [1.54, 1.807) is 4.57 Å². The summed E-state index contributed by atoms with van der Waals surface area (Å²) in [6.07, 6.45) is -0.402. The molecule has 128 valence electrons. The van der Waals surface area contributed by atoms with Crippen molar-refractivity contribution >= 4 is 17.0 Å². The second-order valence-electron chi connectivity index (χ2n) is 6.97. The molecular formula is C20H19NO4. The van der Waals surface area contributed by atoms with Crippen LogP contribution in [-0.2, 0) is 4.74 Å². The third-order valence-electron chi connectivity index (χ3n) is 3.96. The highest BCUT2D eigenvalue weighted by atomic mass is 16.7. The number of benzene rings is 2. The summed E-state index contributed by atoms with van der Waals surface area (Å²) in [5.74, 6) is 1.39. The van der Waals surface area contributed by atoms with Crippen molar-refractivity contribution in [2.45, 2.75) is 26.4 Å². The molecule has 1 aromatic heterocycles. The Morgan fingerprint density at radius 3 is 2.60 bits per heavy atom. The van der Waals surface area contributed by atoms with Gasteiger partial charge in [0.25, 0.3) is 0 Å². The lowest BCUT2D eigenvalue weighted by molar-refractivity contribution is 0.0547. The van der Waals surface area contributed by atoms with Crippen LogP contribution < -0.4 is 9.47 Å². The molecule has 0 bridgehead atoms. The van der Waals surface area contributed by atoms with Gasteiger partial charge in [-0.15, -0.1) is 0 Å². The zero-order chi connectivity index (χ0) is 17.6. The van der Waals surface area contributed by atoms with Gasteiger partial charge < -0.3 is 14.2 Å². The predicted octanol–water partition coefficient (Wildman–Crippen LogP) is 4.82. The Bertz CT molecular complexity index is 965. The lowest BCUT2D eigenvalue weighted by Crippen LogP contribution is -2.27. The van der Waals surface area contributed by atoms with E-state index < -0.39 is 11.7 Å². The number of fused-ring (bicyclic) bond motifs is 2. The molecule has 3 aromatic rings. The molecule has 5 nitrogen and oxygen atoms in total. The summed E-state index contributed by atoms with van der Waals surface area (Å²) in [4.78, 5) is 12.8. The van der Waals surface area contributed by atoms with Gasteiger partial charge in [-0.2, -0.15) is 0 Å². The number of aromatic nitrogens is 1. The van der Waals surface area contributed by atoms with Crippen LogP contribution in [0, 0.1) is 0 Å². The van der Waals surface area contributed by atoms with Gasteiger partial charge in [-0.1, -0.05) is 18.2 Å². The van der Waals surface area contributed by atoms with Crippen LogP contribution in [0.25, 0.3) is 22.2 Å². The molecule has 0 atom stereocenters. The van der Waals surface area contributed by atoms with E-state index in [9.17, 15) is 4.79 Å². The Balaban J connectivity index is 1.88. The van der Waals surface area contributed by atoms with Gasteiger partial charge in [0, 0.05) is 10.9 Å². The van der Waals surface area contributed by atoms with Crippen LogP contribution in [0.4, 0.5) is 4.79 Å². The van der Waals surface area contributed by atoms with Crippen molar-refractivity contribution < 1.29 is 19.0 Å². The van der Waals surface area contributed by atoms with Gasteiger partial charge in [-0.25, -0.2) is 9.36 Å².